The Labute approximate surface area is 103 Å². The molecule has 3 aromatic rings. The number of ether oxygens (including phenoxy) is 1. The summed E-state index contributed by atoms with van der Waals surface area (Å²) < 4.78 is 7.21. The molecule has 0 spiro atoms. The summed E-state index contributed by atoms with van der Waals surface area (Å²) in [6.07, 6.45) is 4.98. The van der Waals surface area contributed by atoms with Crippen LogP contribution in [0.1, 0.15) is 0 Å². The first-order valence-corrected chi connectivity index (χ1v) is 5.40. The van der Waals surface area contributed by atoms with E-state index in [2.05, 4.69) is 15.1 Å². The molecule has 0 saturated heterocycles. The van der Waals surface area contributed by atoms with E-state index < -0.39 is 0 Å². The van der Waals surface area contributed by atoms with Crippen LogP contribution in [-0.4, -0.2) is 19.7 Å². The van der Waals surface area contributed by atoms with Crippen LogP contribution in [0.2, 0.25) is 0 Å². The fourth-order valence-corrected chi connectivity index (χ4v) is 1.74. The molecule has 0 radical (unpaired) electrons. The van der Waals surface area contributed by atoms with Crippen LogP contribution in [0.5, 0.6) is 11.8 Å². The second-order valence-corrected chi connectivity index (χ2v) is 3.88. The van der Waals surface area contributed by atoms with Gasteiger partial charge in [-0.15, -0.1) is 5.10 Å². The van der Waals surface area contributed by atoms with Crippen molar-refractivity contribution < 1.29 is 4.74 Å². The fraction of sp³-hybridized carbons (Fsp3) is 0.0833. The lowest BCUT2D eigenvalue weighted by molar-refractivity contribution is 0.443. The number of hydrogen-bond donors (Lipinski definition) is 1. The molecule has 0 saturated carbocycles. The van der Waals surface area contributed by atoms with E-state index in [-0.39, 0.29) is 0 Å². The molecule has 0 bridgehead atoms. The number of benzene rings is 1. The number of pyridine rings is 1. The van der Waals surface area contributed by atoms with Gasteiger partial charge in [-0.05, 0) is 18.2 Å². The summed E-state index contributed by atoms with van der Waals surface area (Å²) in [5.41, 5.74) is 6.59. The van der Waals surface area contributed by atoms with E-state index >= 15 is 0 Å². The Kier molecular flexibility index (Phi) is 2.33. The average Bonchev–Trinajstić information content (AvgIpc) is 2.79. The van der Waals surface area contributed by atoms with Crippen LogP contribution < -0.4 is 10.5 Å². The lowest BCUT2D eigenvalue weighted by Crippen LogP contribution is -1.93. The molecule has 0 atom stereocenters. The highest BCUT2D eigenvalue weighted by molar-refractivity contribution is 5.96. The second-order valence-electron chi connectivity index (χ2n) is 3.88. The van der Waals surface area contributed by atoms with Gasteiger partial charge in [-0.2, -0.15) is 4.98 Å². The Hall–Kier alpha value is -2.63. The summed E-state index contributed by atoms with van der Waals surface area (Å²) in [5.74, 6) is 0.638. The Morgan fingerprint density at radius 1 is 1.22 bits per heavy atom. The highest BCUT2D eigenvalue weighted by Crippen LogP contribution is 2.31. The maximum Gasteiger partial charge on any atom is 0.341 e. The van der Waals surface area contributed by atoms with Gasteiger partial charge < -0.3 is 10.5 Å². The van der Waals surface area contributed by atoms with E-state index in [0.29, 0.717) is 17.4 Å². The quantitative estimate of drug-likeness (QED) is 0.691. The van der Waals surface area contributed by atoms with Crippen molar-refractivity contribution in [3.05, 3.63) is 36.9 Å². The molecule has 2 heterocycles. The molecule has 0 aliphatic heterocycles. The summed E-state index contributed by atoms with van der Waals surface area (Å²) in [4.78, 5) is 8.10. The maximum absolute atomic E-state index is 5.90. The zero-order valence-electron chi connectivity index (χ0n) is 9.74. The topological polar surface area (TPSA) is 78.9 Å². The first-order chi connectivity index (χ1) is 8.74. The summed E-state index contributed by atoms with van der Waals surface area (Å²) in [7, 11) is 1.78. The SMILES string of the molecule is Cn1cnc(Oc2ccc(N)c3ccncc23)n1. The molecule has 18 heavy (non-hydrogen) atoms. The molecule has 0 unspecified atom stereocenters. The van der Waals surface area contributed by atoms with Gasteiger partial charge in [0.25, 0.3) is 0 Å². The summed E-state index contributed by atoms with van der Waals surface area (Å²) in [5, 5.41) is 5.81. The third-order valence-electron chi connectivity index (χ3n) is 2.59. The van der Waals surface area contributed by atoms with Crippen LogP contribution in [-0.2, 0) is 7.05 Å². The van der Waals surface area contributed by atoms with Crippen molar-refractivity contribution in [2.45, 2.75) is 0 Å². The summed E-state index contributed by atoms with van der Waals surface area (Å²) in [6.45, 7) is 0. The summed E-state index contributed by atoms with van der Waals surface area (Å²) >= 11 is 0. The average molecular weight is 241 g/mol. The number of nitrogens with zero attached hydrogens (tertiary/aromatic N) is 4. The molecule has 2 N–H and O–H groups in total. The van der Waals surface area contributed by atoms with Crippen molar-refractivity contribution in [2.24, 2.45) is 7.05 Å². The number of nitrogen functional groups attached to an aromatic ring is 1. The minimum absolute atomic E-state index is 0.299. The Morgan fingerprint density at radius 2 is 2.11 bits per heavy atom. The van der Waals surface area contributed by atoms with Crippen LogP contribution in [0.25, 0.3) is 10.8 Å². The normalized spacial score (nSPS) is 10.7. The standard InChI is InChI=1S/C12H11N5O/c1-17-7-15-12(16-17)18-11-3-2-10(13)8-4-5-14-6-9(8)11/h2-7H,13H2,1H3. The number of rotatable bonds is 2. The number of fused-ring (bicyclic) bond motifs is 1. The van der Waals surface area contributed by atoms with Crippen molar-refractivity contribution in [2.75, 3.05) is 5.73 Å². The molecule has 6 nitrogen and oxygen atoms in total. The highest BCUT2D eigenvalue weighted by atomic mass is 16.5. The molecule has 90 valence electrons. The monoisotopic (exact) mass is 241 g/mol. The minimum Gasteiger partial charge on any atom is -0.423 e. The van der Waals surface area contributed by atoms with Crippen molar-refractivity contribution in [1.29, 1.82) is 0 Å². The molecule has 6 heteroatoms. The largest absolute Gasteiger partial charge is 0.423 e. The van der Waals surface area contributed by atoms with Crippen LogP contribution in [0.4, 0.5) is 5.69 Å². The predicted molar refractivity (Wildman–Crippen MR) is 67.2 cm³/mol. The third kappa shape index (κ3) is 1.73. The fourth-order valence-electron chi connectivity index (χ4n) is 1.74. The number of nitrogens with two attached hydrogens (primary N) is 1. The van der Waals surface area contributed by atoms with Crippen molar-refractivity contribution >= 4 is 16.5 Å². The van der Waals surface area contributed by atoms with E-state index in [1.165, 1.54) is 0 Å². The Balaban J connectivity index is 2.09. The van der Waals surface area contributed by atoms with Crippen molar-refractivity contribution in [3.63, 3.8) is 0 Å². The third-order valence-corrected chi connectivity index (χ3v) is 2.59. The molecular formula is C12H11N5O. The van der Waals surface area contributed by atoms with Gasteiger partial charge in [0.2, 0.25) is 0 Å². The summed E-state index contributed by atoms with van der Waals surface area (Å²) in [6, 6.07) is 5.73. The molecule has 2 aromatic heterocycles. The van der Waals surface area contributed by atoms with E-state index in [0.717, 1.165) is 10.8 Å². The van der Waals surface area contributed by atoms with Gasteiger partial charge in [0.1, 0.15) is 12.1 Å². The first-order valence-electron chi connectivity index (χ1n) is 5.40. The number of aromatic nitrogens is 4. The Bertz CT molecular complexity index is 707. The van der Waals surface area contributed by atoms with Gasteiger partial charge >= 0.3 is 6.01 Å². The van der Waals surface area contributed by atoms with E-state index in [4.69, 9.17) is 10.5 Å². The number of anilines is 1. The smallest absolute Gasteiger partial charge is 0.341 e. The van der Waals surface area contributed by atoms with Crippen LogP contribution in [0.3, 0.4) is 0 Å². The lowest BCUT2D eigenvalue weighted by Gasteiger charge is -2.07. The predicted octanol–water partition coefficient (Wildman–Crippen LogP) is 1.74. The first kappa shape index (κ1) is 10.5. The van der Waals surface area contributed by atoms with Crippen LogP contribution >= 0.6 is 0 Å². The Morgan fingerprint density at radius 3 is 2.89 bits per heavy atom. The van der Waals surface area contributed by atoms with Crippen LogP contribution in [0.15, 0.2) is 36.9 Å². The van der Waals surface area contributed by atoms with E-state index in [9.17, 15) is 0 Å². The molecule has 1 aromatic carbocycles. The minimum atomic E-state index is 0.299. The second kappa shape index (κ2) is 3.99. The van der Waals surface area contributed by atoms with E-state index in [1.807, 2.05) is 6.07 Å². The molecule has 0 aliphatic carbocycles. The zero-order valence-corrected chi connectivity index (χ0v) is 9.74. The van der Waals surface area contributed by atoms with Crippen molar-refractivity contribution in [1.82, 2.24) is 19.7 Å². The molecular weight excluding hydrogens is 230 g/mol. The van der Waals surface area contributed by atoms with Gasteiger partial charge in [-0.1, -0.05) is 0 Å². The molecule has 3 rings (SSSR count). The molecule has 0 amide bonds. The van der Waals surface area contributed by atoms with Gasteiger partial charge in [0, 0.05) is 35.9 Å². The van der Waals surface area contributed by atoms with Gasteiger partial charge in [0.05, 0.1) is 0 Å². The van der Waals surface area contributed by atoms with Crippen LogP contribution in [0, 0.1) is 0 Å². The maximum atomic E-state index is 5.90. The molecule has 0 aliphatic rings. The number of hydrogen-bond acceptors (Lipinski definition) is 5. The van der Waals surface area contributed by atoms with Gasteiger partial charge in [0.15, 0.2) is 0 Å². The molecule has 0 fully saturated rings. The number of aryl methyl sites for hydroxylation is 1. The van der Waals surface area contributed by atoms with Gasteiger partial charge in [-0.25, -0.2) is 0 Å². The van der Waals surface area contributed by atoms with Gasteiger partial charge in [-0.3, -0.25) is 9.67 Å². The van der Waals surface area contributed by atoms with Crippen molar-refractivity contribution in [3.8, 4) is 11.8 Å². The zero-order chi connectivity index (χ0) is 12.5. The highest BCUT2D eigenvalue weighted by Gasteiger charge is 2.08. The lowest BCUT2D eigenvalue weighted by atomic mass is 10.1. The van der Waals surface area contributed by atoms with E-state index in [1.54, 1.807) is 42.6 Å².